The predicted octanol–water partition coefficient (Wildman–Crippen LogP) is 2.31. The molecule has 1 nitrogen and oxygen atoms in total. The molecule has 13 heavy (non-hydrogen) atoms. The first-order chi connectivity index (χ1) is 5.97. The summed E-state index contributed by atoms with van der Waals surface area (Å²) < 4.78 is 26.2. The zero-order chi connectivity index (χ0) is 10.1. The SMILES string of the molecule is Cc1cc(F)ccc1C(C)(F)CO. The molecule has 0 fully saturated rings. The summed E-state index contributed by atoms with van der Waals surface area (Å²) in [6, 6.07) is 3.81. The van der Waals surface area contributed by atoms with Crippen LogP contribution in [0.2, 0.25) is 0 Å². The normalized spacial score (nSPS) is 15.5. The van der Waals surface area contributed by atoms with Crippen molar-refractivity contribution in [1.82, 2.24) is 0 Å². The summed E-state index contributed by atoms with van der Waals surface area (Å²) in [4.78, 5) is 0. The smallest absolute Gasteiger partial charge is 0.156 e. The van der Waals surface area contributed by atoms with E-state index in [2.05, 4.69) is 0 Å². The lowest BCUT2D eigenvalue weighted by molar-refractivity contribution is 0.0861. The highest BCUT2D eigenvalue weighted by molar-refractivity contribution is 5.31. The predicted molar refractivity (Wildman–Crippen MR) is 46.7 cm³/mol. The Kier molecular flexibility index (Phi) is 2.66. The summed E-state index contributed by atoms with van der Waals surface area (Å²) in [6.07, 6.45) is 0. The van der Waals surface area contributed by atoms with E-state index in [9.17, 15) is 8.78 Å². The van der Waals surface area contributed by atoms with Crippen molar-refractivity contribution in [3.8, 4) is 0 Å². The van der Waals surface area contributed by atoms with E-state index >= 15 is 0 Å². The molecule has 0 aromatic heterocycles. The molecule has 0 amide bonds. The standard InChI is InChI=1S/C10H12F2O/c1-7-5-8(11)3-4-9(7)10(2,12)6-13/h3-5,13H,6H2,1-2H3. The van der Waals surface area contributed by atoms with Crippen molar-refractivity contribution in [2.24, 2.45) is 0 Å². The topological polar surface area (TPSA) is 20.2 Å². The van der Waals surface area contributed by atoms with E-state index in [1.807, 2.05) is 0 Å². The molecule has 1 N–H and O–H groups in total. The second-order valence-electron chi connectivity index (χ2n) is 3.31. The quantitative estimate of drug-likeness (QED) is 0.751. The van der Waals surface area contributed by atoms with Gasteiger partial charge in [-0.2, -0.15) is 0 Å². The molecule has 0 heterocycles. The molecule has 1 unspecified atom stereocenters. The molecule has 0 aliphatic heterocycles. The van der Waals surface area contributed by atoms with Gasteiger partial charge in [-0.1, -0.05) is 6.07 Å². The monoisotopic (exact) mass is 186 g/mol. The Morgan fingerprint density at radius 1 is 1.46 bits per heavy atom. The molecule has 1 aromatic carbocycles. The molecule has 0 radical (unpaired) electrons. The minimum atomic E-state index is -1.79. The van der Waals surface area contributed by atoms with E-state index in [1.54, 1.807) is 6.92 Å². The molecule has 0 aliphatic carbocycles. The van der Waals surface area contributed by atoms with Crippen LogP contribution in [0, 0.1) is 12.7 Å². The van der Waals surface area contributed by atoms with Crippen LogP contribution in [0.5, 0.6) is 0 Å². The van der Waals surface area contributed by atoms with Gasteiger partial charge in [-0.25, -0.2) is 8.78 Å². The second-order valence-corrected chi connectivity index (χ2v) is 3.31. The highest BCUT2D eigenvalue weighted by Crippen LogP contribution is 2.27. The summed E-state index contributed by atoms with van der Waals surface area (Å²) in [7, 11) is 0. The summed E-state index contributed by atoms with van der Waals surface area (Å²) in [5, 5.41) is 8.77. The van der Waals surface area contributed by atoms with Crippen LogP contribution in [0.4, 0.5) is 8.78 Å². The molecule has 1 atom stereocenters. The molecule has 3 heteroatoms. The third-order valence-corrected chi connectivity index (χ3v) is 2.05. The Morgan fingerprint density at radius 3 is 2.54 bits per heavy atom. The molecular formula is C10H12F2O. The van der Waals surface area contributed by atoms with Crippen LogP contribution in [0.3, 0.4) is 0 Å². The van der Waals surface area contributed by atoms with E-state index in [0.29, 0.717) is 11.1 Å². The summed E-state index contributed by atoms with van der Waals surface area (Å²) >= 11 is 0. The lowest BCUT2D eigenvalue weighted by Gasteiger charge is -2.19. The van der Waals surface area contributed by atoms with Gasteiger partial charge in [0.2, 0.25) is 0 Å². The fourth-order valence-electron chi connectivity index (χ4n) is 1.30. The first-order valence-electron chi connectivity index (χ1n) is 4.04. The van der Waals surface area contributed by atoms with Crippen molar-refractivity contribution in [2.45, 2.75) is 19.5 Å². The summed E-state index contributed by atoms with van der Waals surface area (Å²) in [6.45, 7) is 2.29. The number of aliphatic hydroxyl groups excluding tert-OH is 1. The molecule has 0 saturated heterocycles. The maximum Gasteiger partial charge on any atom is 0.156 e. The highest BCUT2D eigenvalue weighted by atomic mass is 19.1. The highest BCUT2D eigenvalue weighted by Gasteiger charge is 2.26. The van der Waals surface area contributed by atoms with Gasteiger partial charge in [0.1, 0.15) is 5.82 Å². The summed E-state index contributed by atoms with van der Waals surface area (Å²) in [5.41, 5.74) is -0.951. The van der Waals surface area contributed by atoms with Crippen molar-refractivity contribution in [1.29, 1.82) is 0 Å². The number of rotatable bonds is 2. The van der Waals surface area contributed by atoms with Gasteiger partial charge < -0.3 is 5.11 Å². The maximum atomic E-state index is 13.6. The summed E-state index contributed by atoms with van der Waals surface area (Å²) in [5.74, 6) is -0.394. The number of alkyl halides is 1. The van der Waals surface area contributed by atoms with Crippen molar-refractivity contribution in [3.05, 3.63) is 35.1 Å². The zero-order valence-electron chi connectivity index (χ0n) is 7.64. The van der Waals surface area contributed by atoms with Gasteiger partial charge in [0, 0.05) is 0 Å². The van der Waals surface area contributed by atoms with Crippen LogP contribution >= 0.6 is 0 Å². The molecule has 0 saturated carbocycles. The van der Waals surface area contributed by atoms with E-state index in [0.717, 1.165) is 0 Å². The number of aryl methyl sites for hydroxylation is 1. The van der Waals surface area contributed by atoms with E-state index in [-0.39, 0.29) is 0 Å². The molecule has 72 valence electrons. The molecule has 0 spiro atoms. The van der Waals surface area contributed by atoms with Gasteiger partial charge in [-0.15, -0.1) is 0 Å². The molecule has 0 aliphatic rings. The number of hydrogen-bond acceptors (Lipinski definition) is 1. The molecule has 1 rings (SSSR count). The van der Waals surface area contributed by atoms with Crippen molar-refractivity contribution >= 4 is 0 Å². The van der Waals surface area contributed by atoms with E-state index in [4.69, 9.17) is 5.11 Å². The van der Waals surface area contributed by atoms with Crippen LogP contribution in [0.25, 0.3) is 0 Å². The third-order valence-electron chi connectivity index (χ3n) is 2.05. The third kappa shape index (κ3) is 2.04. The number of aliphatic hydroxyl groups is 1. The van der Waals surface area contributed by atoms with Gasteiger partial charge in [-0.3, -0.25) is 0 Å². The zero-order valence-corrected chi connectivity index (χ0v) is 7.64. The fourth-order valence-corrected chi connectivity index (χ4v) is 1.30. The van der Waals surface area contributed by atoms with Crippen LogP contribution in [0.15, 0.2) is 18.2 Å². The van der Waals surface area contributed by atoms with Gasteiger partial charge in [0.15, 0.2) is 5.67 Å². The Bertz CT molecular complexity index is 308. The van der Waals surface area contributed by atoms with Crippen molar-refractivity contribution in [2.75, 3.05) is 6.61 Å². The Labute approximate surface area is 76.0 Å². The first kappa shape index (κ1) is 10.1. The van der Waals surface area contributed by atoms with Crippen LogP contribution in [-0.2, 0) is 5.67 Å². The average molecular weight is 186 g/mol. The van der Waals surface area contributed by atoms with Crippen LogP contribution in [0.1, 0.15) is 18.1 Å². The Balaban J connectivity index is 3.16. The number of benzene rings is 1. The van der Waals surface area contributed by atoms with Gasteiger partial charge >= 0.3 is 0 Å². The van der Waals surface area contributed by atoms with E-state index in [1.165, 1.54) is 25.1 Å². The lowest BCUT2D eigenvalue weighted by atomic mass is 9.94. The van der Waals surface area contributed by atoms with Crippen molar-refractivity contribution in [3.63, 3.8) is 0 Å². The lowest BCUT2D eigenvalue weighted by Crippen LogP contribution is -2.21. The minimum Gasteiger partial charge on any atom is -0.393 e. The Hall–Kier alpha value is -0.960. The Morgan fingerprint density at radius 2 is 2.08 bits per heavy atom. The van der Waals surface area contributed by atoms with Gasteiger partial charge in [-0.05, 0) is 37.1 Å². The molecule has 0 bridgehead atoms. The maximum absolute atomic E-state index is 13.6. The average Bonchev–Trinajstić information content (AvgIpc) is 2.03. The molecule has 1 aromatic rings. The number of halogens is 2. The first-order valence-corrected chi connectivity index (χ1v) is 4.04. The fraction of sp³-hybridized carbons (Fsp3) is 0.400. The largest absolute Gasteiger partial charge is 0.393 e. The van der Waals surface area contributed by atoms with Crippen LogP contribution < -0.4 is 0 Å². The molecular weight excluding hydrogens is 174 g/mol. The van der Waals surface area contributed by atoms with Gasteiger partial charge in [0.05, 0.1) is 6.61 Å². The van der Waals surface area contributed by atoms with Crippen LogP contribution in [-0.4, -0.2) is 11.7 Å². The second kappa shape index (κ2) is 3.42. The van der Waals surface area contributed by atoms with E-state index < -0.39 is 18.1 Å². The van der Waals surface area contributed by atoms with Gasteiger partial charge in [0.25, 0.3) is 0 Å². The number of hydrogen-bond donors (Lipinski definition) is 1. The van der Waals surface area contributed by atoms with Crippen molar-refractivity contribution < 1.29 is 13.9 Å². The minimum absolute atomic E-state index is 0.330.